The van der Waals surface area contributed by atoms with Gasteiger partial charge in [-0.3, -0.25) is 9.59 Å². The molecule has 1 N–H and O–H groups in total. The highest BCUT2D eigenvalue weighted by molar-refractivity contribution is 5.96. The monoisotopic (exact) mass is 254 g/mol. The number of hydrogen-bond donors (Lipinski definition) is 1. The Morgan fingerprint density at radius 2 is 2.06 bits per heavy atom. The summed E-state index contributed by atoms with van der Waals surface area (Å²) in [4.78, 5) is 24.1. The molecule has 0 saturated carbocycles. The minimum atomic E-state index is -0.423. The van der Waals surface area contributed by atoms with Gasteiger partial charge < -0.3 is 15.0 Å². The topological polar surface area (TPSA) is 58.6 Å². The van der Waals surface area contributed by atoms with E-state index in [2.05, 4.69) is 5.32 Å². The number of amides is 2. The van der Waals surface area contributed by atoms with Crippen molar-refractivity contribution in [1.29, 1.82) is 0 Å². The summed E-state index contributed by atoms with van der Waals surface area (Å²) >= 11 is 0. The molecule has 18 heavy (non-hydrogen) atoms. The molecule has 0 saturated heterocycles. The number of ether oxygens (including phenoxy) is 1. The first kappa shape index (κ1) is 16.4. The highest BCUT2D eigenvalue weighted by Gasteiger charge is 2.28. The molecule has 0 radical (unpaired) electrons. The third kappa shape index (κ3) is 4.71. The highest BCUT2D eigenvalue weighted by Crippen LogP contribution is 2.16. The molecule has 0 bridgehead atoms. The Hall–Kier alpha value is -1.62. The lowest BCUT2D eigenvalue weighted by Crippen LogP contribution is -2.48. The Morgan fingerprint density at radius 1 is 1.44 bits per heavy atom. The summed E-state index contributed by atoms with van der Waals surface area (Å²) in [7, 11) is 3.30. The van der Waals surface area contributed by atoms with Crippen LogP contribution >= 0.6 is 0 Å². The molecule has 5 nitrogen and oxygen atoms in total. The van der Waals surface area contributed by atoms with Crippen LogP contribution in [-0.4, -0.2) is 43.5 Å². The lowest BCUT2D eigenvalue weighted by atomic mass is 10.0. The lowest BCUT2D eigenvalue weighted by molar-refractivity contribution is -0.131. The molecule has 0 aliphatic carbocycles. The smallest absolute Gasteiger partial charge is 0.255 e. The van der Waals surface area contributed by atoms with E-state index in [9.17, 15) is 9.59 Å². The van der Waals surface area contributed by atoms with Crippen molar-refractivity contribution in [2.45, 2.75) is 26.3 Å². The van der Waals surface area contributed by atoms with Crippen molar-refractivity contribution in [2.24, 2.45) is 0 Å². The van der Waals surface area contributed by atoms with E-state index in [1.807, 2.05) is 20.8 Å². The maximum atomic E-state index is 12.3. The SMILES string of the molecule is C/C=C\C(=C/NC=O)C(=O)N(C)C(C)(C)COC. The van der Waals surface area contributed by atoms with Gasteiger partial charge in [0.25, 0.3) is 5.91 Å². The van der Waals surface area contributed by atoms with Crippen LogP contribution in [0.15, 0.2) is 23.9 Å². The lowest BCUT2D eigenvalue weighted by Gasteiger charge is -2.35. The van der Waals surface area contributed by atoms with Gasteiger partial charge in [-0.2, -0.15) is 0 Å². The average Bonchev–Trinajstić information content (AvgIpc) is 2.32. The summed E-state index contributed by atoms with van der Waals surface area (Å²) in [6.45, 7) is 6.06. The van der Waals surface area contributed by atoms with E-state index in [0.29, 0.717) is 18.6 Å². The summed E-state index contributed by atoms with van der Waals surface area (Å²) in [5.41, 5.74) is -0.00971. The number of nitrogens with zero attached hydrogens (tertiary/aromatic N) is 1. The Balaban J connectivity index is 5.03. The minimum absolute atomic E-state index is 0.176. The summed E-state index contributed by atoms with van der Waals surface area (Å²) in [5.74, 6) is -0.176. The van der Waals surface area contributed by atoms with Gasteiger partial charge in [0.2, 0.25) is 6.41 Å². The van der Waals surface area contributed by atoms with E-state index in [4.69, 9.17) is 4.74 Å². The number of carbonyl (C=O) groups is 2. The second kappa shape index (κ2) is 7.66. The molecule has 0 fully saturated rings. The molecule has 0 heterocycles. The van der Waals surface area contributed by atoms with Crippen molar-refractivity contribution >= 4 is 12.3 Å². The van der Waals surface area contributed by atoms with Crippen LogP contribution in [-0.2, 0) is 14.3 Å². The first-order chi connectivity index (χ1) is 8.40. The van der Waals surface area contributed by atoms with Gasteiger partial charge in [0, 0.05) is 20.4 Å². The van der Waals surface area contributed by atoms with Crippen molar-refractivity contribution in [3.8, 4) is 0 Å². The Labute approximate surface area is 108 Å². The molecule has 0 aromatic rings. The van der Waals surface area contributed by atoms with E-state index in [1.165, 1.54) is 6.20 Å². The van der Waals surface area contributed by atoms with Crippen LogP contribution in [0.1, 0.15) is 20.8 Å². The van der Waals surface area contributed by atoms with Crippen LogP contribution in [0.5, 0.6) is 0 Å². The van der Waals surface area contributed by atoms with Crippen molar-refractivity contribution in [3.63, 3.8) is 0 Å². The van der Waals surface area contributed by atoms with Crippen LogP contribution in [0.3, 0.4) is 0 Å². The zero-order valence-electron chi connectivity index (χ0n) is 11.7. The number of hydrogen-bond acceptors (Lipinski definition) is 3. The van der Waals surface area contributed by atoms with E-state index >= 15 is 0 Å². The second-order valence-corrected chi connectivity index (χ2v) is 4.49. The molecule has 0 aliphatic heterocycles. The van der Waals surface area contributed by atoms with Gasteiger partial charge in [-0.1, -0.05) is 12.2 Å². The van der Waals surface area contributed by atoms with E-state index in [-0.39, 0.29) is 5.91 Å². The second-order valence-electron chi connectivity index (χ2n) is 4.49. The van der Waals surface area contributed by atoms with Crippen molar-refractivity contribution < 1.29 is 14.3 Å². The average molecular weight is 254 g/mol. The maximum Gasteiger partial charge on any atom is 0.255 e. The van der Waals surface area contributed by atoms with E-state index < -0.39 is 5.54 Å². The summed E-state index contributed by atoms with van der Waals surface area (Å²) in [6.07, 6.45) is 5.30. The number of rotatable bonds is 7. The standard InChI is InChI=1S/C13H22N2O3/c1-6-7-11(8-14-10-16)12(17)15(4)13(2,3)9-18-5/h6-8,10H,9H2,1-5H3,(H,14,16)/b7-6-,11-8+. The Kier molecular flexibility index (Phi) is 6.97. The molecule has 2 amide bonds. The number of likely N-dealkylation sites (N-methyl/N-ethyl adjacent to an activating group) is 1. The predicted octanol–water partition coefficient (Wildman–Crippen LogP) is 1.08. The highest BCUT2D eigenvalue weighted by atomic mass is 16.5. The fraction of sp³-hybridized carbons (Fsp3) is 0.538. The van der Waals surface area contributed by atoms with Crippen molar-refractivity contribution in [3.05, 3.63) is 23.9 Å². The van der Waals surface area contributed by atoms with Crippen LogP contribution < -0.4 is 5.32 Å². The van der Waals surface area contributed by atoms with E-state index in [1.54, 1.807) is 31.2 Å². The molecule has 0 unspecified atom stereocenters. The van der Waals surface area contributed by atoms with Crippen LogP contribution in [0.25, 0.3) is 0 Å². The van der Waals surface area contributed by atoms with Crippen LogP contribution in [0.4, 0.5) is 0 Å². The molecule has 0 aromatic heterocycles. The molecular formula is C13H22N2O3. The van der Waals surface area contributed by atoms with Gasteiger partial charge in [-0.15, -0.1) is 0 Å². The first-order valence-electron chi connectivity index (χ1n) is 5.70. The Morgan fingerprint density at radius 3 is 2.50 bits per heavy atom. The van der Waals surface area contributed by atoms with Gasteiger partial charge >= 0.3 is 0 Å². The van der Waals surface area contributed by atoms with Crippen molar-refractivity contribution in [1.82, 2.24) is 10.2 Å². The number of allylic oxidation sites excluding steroid dienone is 1. The zero-order chi connectivity index (χ0) is 14.2. The van der Waals surface area contributed by atoms with Gasteiger partial charge in [-0.05, 0) is 20.8 Å². The zero-order valence-corrected chi connectivity index (χ0v) is 11.7. The molecular weight excluding hydrogens is 232 g/mol. The third-order valence-corrected chi connectivity index (χ3v) is 2.61. The van der Waals surface area contributed by atoms with Gasteiger partial charge in [0.15, 0.2) is 0 Å². The molecule has 102 valence electrons. The largest absolute Gasteiger partial charge is 0.382 e. The first-order valence-corrected chi connectivity index (χ1v) is 5.70. The predicted molar refractivity (Wildman–Crippen MR) is 70.8 cm³/mol. The number of nitrogens with one attached hydrogen (secondary N) is 1. The molecule has 0 aromatic carbocycles. The number of methoxy groups -OCH3 is 1. The number of carbonyl (C=O) groups excluding carboxylic acids is 2. The fourth-order valence-electron chi connectivity index (χ4n) is 1.40. The van der Waals surface area contributed by atoms with Gasteiger partial charge in [0.1, 0.15) is 0 Å². The molecule has 0 rings (SSSR count). The molecule has 0 aliphatic rings. The Bertz CT molecular complexity index is 346. The molecule has 5 heteroatoms. The quantitative estimate of drug-likeness (QED) is 0.420. The molecule has 0 spiro atoms. The summed E-state index contributed by atoms with van der Waals surface area (Å²) in [6, 6.07) is 0. The van der Waals surface area contributed by atoms with Gasteiger partial charge in [-0.25, -0.2) is 0 Å². The minimum Gasteiger partial charge on any atom is -0.382 e. The summed E-state index contributed by atoms with van der Waals surface area (Å²) in [5, 5.41) is 2.38. The summed E-state index contributed by atoms with van der Waals surface area (Å²) < 4.78 is 5.10. The van der Waals surface area contributed by atoms with Crippen LogP contribution in [0, 0.1) is 0 Å². The van der Waals surface area contributed by atoms with Crippen molar-refractivity contribution in [2.75, 3.05) is 20.8 Å². The van der Waals surface area contributed by atoms with E-state index in [0.717, 1.165) is 0 Å². The fourth-order valence-corrected chi connectivity index (χ4v) is 1.40. The molecule has 0 atom stereocenters. The maximum absolute atomic E-state index is 12.3. The van der Waals surface area contributed by atoms with Crippen LogP contribution in [0.2, 0.25) is 0 Å². The normalized spacial score (nSPS) is 12.6. The van der Waals surface area contributed by atoms with Gasteiger partial charge in [0.05, 0.1) is 17.7 Å². The third-order valence-electron chi connectivity index (χ3n) is 2.61.